The van der Waals surface area contributed by atoms with Gasteiger partial charge in [-0.2, -0.15) is 8.78 Å². The van der Waals surface area contributed by atoms with Gasteiger partial charge in [-0.05, 0) is 22.0 Å². The quantitative estimate of drug-likeness (QED) is 0.880. The second-order valence-electron chi connectivity index (χ2n) is 2.09. The molecule has 0 aliphatic heterocycles. The Morgan fingerprint density at radius 2 is 2.25 bits per heavy atom. The summed E-state index contributed by atoms with van der Waals surface area (Å²) in [4.78, 5) is -0.234. The maximum Gasteiger partial charge on any atom is 0.304 e. The van der Waals surface area contributed by atoms with E-state index in [2.05, 4.69) is 15.9 Å². The highest BCUT2D eigenvalue weighted by Crippen LogP contribution is 2.39. The molecule has 1 aromatic rings. The lowest BCUT2D eigenvalue weighted by atomic mass is 10.3. The normalized spacial score (nSPS) is 12.1. The van der Waals surface area contributed by atoms with Gasteiger partial charge in [0, 0.05) is 4.47 Å². The fourth-order valence-electron chi connectivity index (χ4n) is 0.605. The van der Waals surface area contributed by atoms with E-state index in [1.807, 2.05) is 0 Å². The molecule has 0 spiro atoms. The maximum atomic E-state index is 12.8. The van der Waals surface area contributed by atoms with Crippen LogP contribution in [-0.2, 0) is 5.92 Å². The van der Waals surface area contributed by atoms with Crippen molar-refractivity contribution in [3.05, 3.63) is 19.8 Å². The average molecular weight is 278 g/mol. The first-order chi connectivity index (χ1) is 5.47. The van der Waals surface area contributed by atoms with E-state index in [9.17, 15) is 8.78 Å². The van der Waals surface area contributed by atoms with Gasteiger partial charge in [0.05, 0.1) is 4.88 Å². The molecule has 0 aliphatic rings. The molecule has 6 heteroatoms. The number of halogens is 4. The van der Waals surface area contributed by atoms with Gasteiger partial charge < -0.3 is 5.11 Å². The van der Waals surface area contributed by atoms with E-state index in [1.165, 1.54) is 6.07 Å². The van der Waals surface area contributed by atoms with Crippen molar-refractivity contribution in [3.63, 3.8) is 0 Å². The topological polar surface area (TPSA) is 20.2 Å². The molecule has 0 atom stereocenters. The summed E-state index contributed by atoms with van der Waals surface area (Å²) in [5, 5.41) is 8.35. The lowest BCUT2D eigenvalue weighted by Crippen LogP contribution is -2.16. The van der Waals surface area contributed by atoms with Crippen LogP contribution >= 0.6 is 38.9 Å². The molecule has 0 saturated heterocycles. The van der Waals surface area contributed by atoms with Crippen LogP contribution in [0.25, 0.3) is 0 Å². The molecule has 0 amide bonds. The van der Waals surface area contributed by atoms with Crippen molar-refractivity contribution in [2.75, 3.05) is 6.61 Å². The largest absolute Gasteiger partial charge is 0.390 e. The van der Waals surface area contributed by atoms with E-state index < -0.39 is 12.5 Å². The number of aliphatic hydroxyl groups excluding tert-OH is 1. The van der Waals surface area contributed by atoms with Crippen LogP contribution in [0.1, 0.15) is 4.88 Å². The molecule has 0 radical (unpaired) electrons. The molecule has 0 fully saturated rings. The molecule has 0 bridgehead atoms. The maximum absolute atomic E-state index is 12.8. The molecule has 1 aromatic heterocycles. The summed E-state index contributed by atoms with van der Waals surface area (Å²) in [6.45, 7) is -1.20. The van der Waals surface area contributed by atoms with Gasteiger partial charge in [-0.1, -0.05) is 11.6 Å². The summed E-state index contributed by atoms with van der Waals surface area (Å²) in [5.41, 5.74) is 0. The summed E-state index contributed by atoms with van der Waals surface area (Å²) < 4.78 is 26.2. The third-order valence-electron chi connectivity index (χ3n) is 1.20. The van der Waals surface area contributed by atoms with Gasteiger partial charge in [0.15, 0.2) is 0 Å². The van der Waals surface area contributed by atoms with Gasteiger partial charge in [-0.25, -0.2) is 0 Å². The van der Waals surface area contributed by atoms with Gasteiger partial charge in [0.2, 0.25) is 0 Å². The van der Waals surface area contributed by atoms with E-state index in [0.717, 1.165) is 11.3 Å². The summed E-state index contributed by atoms with van der Waals surface area (Å²) in [5.74, 6) is -3.19. The van der Waals surface area contributed by atoms with Crippen molar-refractivity contribution in [3.8, 4) is 0 Å². The number of hydrogen-bond donors (Lipinski definition) is 1. The van der Waals surface area contributed by atoms with E-state index in [1.54, 1.807) is 0 Å². The van der Waals surface area contributed by atoms with Gasteiger partial charge in [0.25, 0.3) is 0 Å². The highest BCUT2D eigenvalue weighted by Gasteiger charge is 2.33. The van der Waals surface area contributed by atoms with Crippen LogP contribution in [0, 0.1) is 0 Å². The fourth-order valence-corrected chi connectivity index (χ4v) is 2.27. The van der Waals surface area contributed by atoms with E-state index in [-0.39, 0.29) is 9.21 Å². The Morgan fingerprint density at radius 1 is 1.67 bits per heavy atom. The van der Waals surface area contributed by atoms with Gasteiger partial charge >= 0.3 is 5.92 Å². The van der Waals surface area contributed by atoms with Crippen molar-refractivity contribution in [2.45, 2.75) is 5.92 Å². The number of rotatable bonds is 2. The summed E-state index contributed by atoms with van der Waals surface area (Å²) >= 11 is 9.30. The standard InChI is InChI=1S/C6H4BrClF2OS/c7-3-1-4(12-5(3)8)6(9,10)2-11/h1,11H,2H2. The smallest absolute Gasteiger partial charge is 0.304 e. The molecule has 12 heavy (non-hydrogen) atoms. The van der Waals surface area contributed by atoms with E-state index >= 15 is 0 Å². The van der Waals surface area contributed by atoms with Crippen molar-refractivity contribution in [1.82, 2.24) is 0 Å². The first-order valence-corrected chi connectivity index (χ1v) is 4.90. The molecule has 1 N–H and O–H groups in total. The van der Waals surface area contributed by atoms with Crippen LogP contribution in [0.5, 0.6) is 0 Å². The Kier molecular flexibility index (Phi) is 3.09. The lowest BCUT2D eigenvalue weighted by Gasteiger charge is -2.09. The molecule has 0 aliphatic carbocycles. The van der Waals surface area contributed by atoms with Crippen LogP contribution in [0.4, 0.5) is 8.78 Å². The Balaban J connectivity index is 3.04. The molecule has 1 nitrogen and oxygen atoms in total. The Hall–Kier alpha value is 0.290. The molecule has 0 saturated carbocycles. The van der Waals surface area contributed by atoms with Crippen LogP contribution in [0.3, 0.4) is 0 Å². The monoisotopic (exact) mass is 276 g/mol. The minimum Gasteiger partial charge on any atom is -0.390 e. The van der Waals surface area contributed by atoms with Crippen LogP contribution in [0.15, 0.2) is 10.5 Å². The predicted octanol–water partition coefficient (Wildman–Crippen LogP) is 3.25. The summed E-state index contributed by atoms with van der Waals surface area (Å²) in [7, 11) is 0. The Labute approximate surface area is 85.1 Å². The second kappa shape index (κ2) is 3.57. The van der Waals surface area contributed by atoms with Gasteiger partial charge in [0.1, 0.15) is 10.9 Å². The average Bonchev–Trinajstić information content (AvgIpc) is 2.33. The molecule has 1 heterocycles. The lowest BCUT2D eigenvalue weighted by molar-refractivity contribution is -0.0524. The predicted molar refractivity (Wildman–Crippen MR) is 48.0 cm³/mol. The summed E-state index contributed by atoms with van der Waals surface area (Å²) in [6, 6.07) is 1.21. The highest BCUT2D eigenvalue weighted by atomic mass is 79.9. The zero-order chi connectivity index (χ0) is 9.35. The molecular formula is C6H4BrClF2OS. The Morgan fingerprint density at radius 3 is 2.58 bits per heavy atom. The van der Waals surface area contributed by atoms with Gasteiger partial charge in [-0.15, -0.1) is 11.3 Å². The molecule has 0 unspecified atom stereocenters. The number of hydrogen-bond acceptors (Lipinski definition) is 2. The SMILES string of the molecule is OCC(F)(F)c1cc(Br)c(Cl)s1. The number of alkyl halides is 2. The van der Waals surface area contributed by atoms with E-state index in [4.69, 9.17) is 16.7 Å². The third-order valence-corrected chi connectivity index (χ3v) is 3.79. The first kappa shape index (κ1) is 10.4. The van der Waals surface area contributed by atoms with E-state index in [0.29, 0.717) is 4.47 Å². The third kappa shape index (κ3) is 1.96. The molecule has 68 valence electrons. The van der Waals surface area contributed by atoms with Gasteiger partial charge in [-0.3, -0.25) is 0 Å². The second-order valence-corrected chi connectivity index (χ2v) is 4.60. The zero-order valence-corrected chi connectivity index (χ0v) is 8.81. The van der Waals surface area contributed by atoms with Crippen LogP contribution < -0.4 is 0 Å². The highest BCUT2D eigenvalue weighted by molar-refractivity contribution is 9.10. The number of thiophene rings is 1. The molecular weight excluding hydrogens is 273 g/mol. The first-order valence-electron chi connectivity index (χ1n) is 2.91. The minimum absolute atomic E-state index is 0.234. The Bertz CT molecular complexity index is 270. The van der Waals surface area contributed by atoms with Crippen LogP contribution in [-0.4, -0.2) is 11.7 Å². The van der Waals surface area contributed by atoms with Crippen LogP contribution in [0.2, 0.25) is 4.34 Å². The van der Waals surface area contributed by atoms with Crippen molar-refractivity contribution < 1.29 is 13.9 Å². The number of aliphatic hydroxyl groups is 1. The molecule has 1 rings (SSSR count). The minimum atomic E-state index is -3.19. The van der Waals surface area contributed by atoms with Crippen molar-refractivity contribution in [1.29, 1.82) is 0 Å². The zero-order valence-electron chi connectivity index (χ0n) is 5.65. The fraction of sp³-hybridized carbons (Fsp3) is 0.333. The molecule has 0 aromatic carbocycles. The van der Waals surface area contributed by atoms with Crippen molar-refractivity contribution >= 4 is 38.9 Å². The van der Waals surface area contributed by atoms with Crippen molar-refractivity contribution in [2.24, 2.45) is 0 Å². The summed E-state index contributed by atoms with van der Waals surface area (Å²) in [6.07, 6.45) is 0.